The standard InChI is InChI=1S/C17H26N2O/c1-3-14-6-8-15(9-7-14)13-19(2)17(20)11-10-16-5-4-12-18-16/h6-9,16,18H,3-5,10-13H2,1-2H3. The van der Waals surface area contributed by atoms with E-state index in [-0.39, 0.29) is 5.91 Å². The molecule has 110 valence electrons. The Morgan fingerprint density at radius 2 is 2.00 bits per heavy atom. The van der Waals surface area contributed by atoms with Gasteiger partial charge < -0.3 is 10.2 Å². The SMILES string of the molecule is CCc1ccc(CN(C)C(=O)CCC2CCCN2)cc1. The van der Waals surface area contributed by atoms with Gasteiger partial charge in [0.2, 0.25) is 5.91 Å². The Morgan fingerprint density at radius 1 is 1.30 bits per heavy atom. The van der Waals surface area contributed by atoms with Crippen molar-refractivity contribution in [2.24, 2.45) is 0 Å². The molecule has 0 radical (unpaired) electrons. The van der Waals surface area contributed by atoms with Gasteiger partial charge in [0.1, 0.15) is 0 Å². The van der Waals surface area contributed by atoms with E-state index in [9.17, 15) is 4.79 Å². The summed E-state index contributed by atoms with van der Waals surface area (Å²) >= 11 is 0. The highest BCUT2D eigenvalue weighted by Crippen LogP contribution is 2.13. The molecule has 1 aromatic carbocycles. The van der Waals surface area contributed by atoms with Gasteiger partial charge in [0.15, 0.2) is 0 Å². The molecular weight excluding hydrogens is 248 g/mol. The van der Waals surface area contributed by atoms with Crippen LogP contribution in [0.2, 0.25) is 0 Å². The minimum Gasteiger partial charge on any atom is -0.341 e. The topological polar surface area (TPSA) is 32.3 Å². The second-order valence-electron chi connectivity index (χ2n) is 5.75. The molecule has 3 heteroatoms. The highest BCUT2D eigenvalue weighted by molar-refractivity contribution is 5.75. The summed E-state index contributed by atoms with van der Waals surface area (Å²) in [6.45, 7) is 3.97. The van der Waals surface area contributed by atoms with Crippen LogP contribution in [0.3, 0.4) is 0 Å². The first kappa shape index (κ1) is 15.0. The molecule has 1 amide bonds. The van der Waals surface area contributed by atoms with Crippen molar-refractivity contribution in [3.8, 4) is 0 Å². The van der Waals surface area contributed by atoms with E-state index in [1.165, 1.54) is 24.0 Å². The lowest BCUT2D eigenvalue weighted by molar-refractivity contribution is -0.130. The maximum absolute atomic E-state index is 12.1. The van der Waals surface area contributed by atoms with Gasteiger partial charge >= 0.3 is 0 Å². The lowest BCUT2D eigenvalue weighted by Gasteiger charge is -2.18. The number of rotatable bonds is 6. The number of carbonyl (C=O) groups excluding carboxylic acids is 1. The van der Waals surface area contributed by atoms with Gasteiger partial charge in [-0.15, -0.1) is 0 Å². The minimum absolute atomic E-state index is 0.248. The summed E-state index contributed by atoms with van der Waals surface area (Å²) in [7, 11) is 1.90. The molecule has 1 fully saturated rings. The first-order valence-corrected chi connectivity index (χ1v) is 7.74. The normalized spacial score (nSPS) is 18.2. The third-order valence-corrected chi connectivity index (χ3v) is 4.15. The van der Waals surface area contributed by atoms with E-state index in [1.807, 2.05) is 11.9 Å². The number of benzene rings is 1. The average Bonchev–Trinajstić information content (AvgIpc) is 2.98. The van der Waals surface area contributed by atoms with Crippen molar-refractivity contribution in [2.75, 3.05) is 13.6 Å². The van der Waals surface area contributed by atoms with Gasteiger partial charge in [-0.1, -0.05) is 31.2 Å². The van der Waals surface area contributed by atoms with E-state index in [0.717, 1.165) is 19.4 Å². The van der Waals surface area contributed by atoms with Crippen LogP contribution >= 0.6 is 0 Å². The molecule has 0 aliphatic carbocycles. The number of hydrogen-bond donors (Lipinski definition) is 1. The van der Waals surface area contributed by atoms with Crippen molar-refractivity contribution >= 4 is 5.91 Å². The van der Waals surface area contributed by atoms with Crippen LogP contribution in [0.15, 0.2) is 24.3 Å². The van der Waals surface area contributed by atoms with Crippen LogP contribution in [0.5, 0.6) is 0 Å². The molecule has 0 aromatic heterocycles. The van der Waals surface area contributed by atoms with Gasteiger partial charge in [-0.05, 0) is 43.4 Å². The zero-order valence-electron chi connectivity index (χ0n) is 12.7. The molecule has 0 saturated carbocycles. The van der Waals surface area contributed by atoms with E-state index < -0.39 is 0 Å². The highest BCUT2D eigenvalue weighted by atomic mass is 16.2. The Morgan fingerprint density at radius 3 is 2.60 bits per heavy atom. The zero-order valence-corrected chi connectivity index (χ0v) is 12.7. The molecule has 2 rings (SSSR count). The number of nitrogens with zero attached hydrogens (tertiary/aromatic N) is 1. The molecule has 20 heavy (non-hydrogen) atoms. The van der Waals surface area contributed by atoms with Crippen molar-refractivity contribution < 1.29 is 4.79 Å². The predicted molar refractivity (Wildman–Crippen MR) is 82.6 cm³/mol. The van der Waals surface area contributed by atoms with E-state index >= 15 is 0 Å². The lowest BCUT2D eigenvalue weighted by Crippen LogP contribution is -2.29. The van der Waals surface area contributed by atoms with Crippen molar-refractivity contribution in [2.45, 2.75) is 51.6 Å². The number of amides is 1. The largest absolute Gasteiger partial charge is 0.341 e. The molecule has 1 heterocycles. The van der Waals surface area contributed by atoms with Gasteiger partial charge in [0.05, 0.1) is 0 Å². The second kappa shape index (κ2) is 7.44. The fraction of sp³-hybridized carbons (Fsp3) is 0.588. The van der Waals surface area contributed by atoms with Crippen molar-refractivity contribution in [3.63, 3.8) is 0 Å². The summed E-state index contributed by atoms with van der Waals surface area (Å²) in [6, 6.07) is 9.10. The highest BCUT2D eigenvalue weighted by Gasteiger charge is 2.16. The number of aryl methyl sites for hydroxylation is 1. The van der Waals surface area contributed by atoms with Crippen molar-refractivity contribution in [3.05, 3.63) is 35.4 Å². The summed E-state index contributed by atoms with van der Waals surface area (Å²) in [5.74, 6) is 0.248. The monoisotopic (exact) mass is 274 g/mol. The molecule has 3 nitrogen and oxygen atoms in total. The van der Waals surface area contributed by atoms with E-state index in [0.29, 0.717) is 19.0 Å². The Bertz CT molecular complexity index is 421. The Labute approximate surface area is 122 Å². The first-order valence-electron chi connectivity index (χ1n) is 7.74. The predicted octanol–water partition coefficient (Wildman–Crippen LogP) is 2.74. The smallest absolute Gasteiger partial charge is 0.222 e. The van der Waals surface area contributed by atoms with Gasteiger partial charge in [0, 0.05) is 26.1 Å². The number of hydrogen-bond acceptors (Lipinski definition) is 2. The Balaban J connectivity index is 1.77. The minimum atomic E-state index is 0.248. The second-order valence-corrected chi connectivity index (χ2v) is 5.75. The summed E-state index contributed by atoms with van der Waals surface area (Å²) in [5, 5.41) is 3.44. The fourth-order valence-corrected chi connectivity index (χ4v) is 2.73. The first-order chi connectivity index (χ1) is 9.69. The molecule has 1 unspecified atom stereocenters. The van der Waals surface area contributed by atoms with Crippen LogP contribution in [-0.4, -0.2) is 30.4 Å². The van der Waals surface area contributed by atoms with E-state index in [1.54, 1.807) is 0 Å². The maximum atomic E-state index is 12.1. The molecule has 0 bridgehead atoms. The summed E-state index contributed by atoms with van der Waals surface area (Å²) in [4.78, 5) is 14.0. The van der Waals surface area contributed by atoms with Gasteiger partial charge in [0.25, 0.3) is 0 Å². The van der Waals surface area contributed by atoms with Crippen LogP contribution < -0.4 is 5.32 Å². The quantitative estimate of drug-likeness (QED) is 0.865. The van der Waals surface area contributed by atoms with E-state index in [4.69, 9.17) is 0 Å². The molecule has 1 aliphatic rings. The van der Waals surface area contributed by atoms with Gasteiger partial charge in [-0.2, -0.15) is 0 Å². The Kier molecular flexibility index (Phi) is 5.60. The van der Waals surface area contributed by atoms with Crippen molar-refractivity contribution in [1.82, 2.24) is 10.2 Å². The zero-order chi connectivity index (χ0) is 14.4. The van der Waals surface area contributed by atoms with Crippen LogP contribution in [-0.2, 0) is 17.8 Å². The molecule has 1 aliphatic heterocycles. The van der Waals surface area contributed by atoms with Crippen LogP contribution in [0.25, 0.3) is 0 Å². The van der Waals surface area contributed by atoms with Crippen molar-refractivity contribution in [1.29, 1.82) is 0 Å². The third-order valence-electron chi connectivity index (χ3n) is 4.15. The number of nitrogens with one attached hydrogen (secondary N) is 1. The van der Waals surface area contributed by atoms with Crippen LogP contribution in [0.1, 0.15) is 43.7 Å². The molecule has 0 spiro atoms. The maximum Gasteiger partial charge on any atom is 0.222 e. The average molecular weight is 274 g/mol. The molecule has 1 aromatic rings. The molecule has 1 atom stereocenters. The fourth-order valence-electron chi connectivity index (χ4n) is 2.73. The number of carbonyl (C=O) groups is 1. The molecular formula is C17H26N2O. The third kappa shape index (κ3) is 4.34. The van der Waals surface area contributed by atoms with Gasteiger partial charge in [-0.25, -0.2) is 0 Å². The summed E-state index contributed by atoms with van der Waals surface area (Å²) < 4.78 is 0. The Hall–Kier alpha value is -1.35. The lowest BCUT2D eigenvalue weighted by atomic mass is 10.1. The summed E-state index contributed by atoms with van der Waals surface area (Å²) in [6.07, 6.45) is 5.15. The van der Waals surface area contributed by atoms with Crippen LogP contribution in [0, 0.1) is 0 Å². The van der Waals surface area contributed by atoms with Crippen LogP contribution in [0.4, 0.5) is 0 Å². The summed E-state index contributed by atoms with van der Waals surface area (Å²) in [5.41, 5.74) is 2.55. The molecule has 1 N–H and O–H groups in total. The van der Waals surface area contributed by atoms with Gasteiger partial charge in [-0.3, -0.25) is 4.79 Å². The van der Waals surface area contributed by atoms with E-state index in [2.05, 4.69) is 36.5 Å². The molecule has 1 saturated heterocycles.